The third kappa shape index (κ3) is 3.61. The first-order valence-electron chi connectivity index (χ1n) is 6.66. The van der Waals surface area contributed by atoms with Gasteiger partial charge in [0.1, 0.15) is 5.82 Å². The van der Waals surface area contributed by atoms with E-state index in [1.807, 2.05) is 4.90 Å². The number of hydrogen-bond donors (Lipinski definition) is 2. The molecule has 21 heavy (non-hydrogen) atoms. The number of halogens is 1. The van der Waals surface area contributed by atoms with Crippen LogP contribution in [-0.4, -0.2) is 41.5 Å². The maximum atomic E-state index is 9.31. The molecular formula is C15H16ClN3O2. The summed E-state index contributed by atoms with van der Waals surface area (Å²) in [4.78, 5) is 6.37. The summed E-state index contributed by atoms with van der Waals surface area (Å²) >= 11 is 5.96. The number of pyridine rings is 1. The summed E-state index contributed by atoms with van der Waals surface area (Å²) in [5, 5.41) is 28.7. The Labute approximate surface area is 128 Å². The highest BCUT2D eigenvalue weighted by atomic mass is 35.5. The Balaban J connectivity index is 2.48. The van der Waals surface area contributed by atoms with E-state index in [0.29, 0.717) is 46.8 Å². The number of aliphatic hydroxyl groups is 2. The van der Waals surface area contributed by atoms with E-state index < -0.39 is 0 Å². The van der Waals surface area contributed by atoms with Gasteiger partial charge in [0.05, 0.1) is 23.8 Å². The van der Waals surface area contributed by atoms with Crippen LogP contribution >= 0.6 is 11.6 Å². The van der Waals surface area contributed by atoms with E-state index >= 15 is 0 Å². The van der Waals surface area contributed by atoms with Crippen molar-refractivity contribution in [2.45, 2.75) is 6.42 Å². The minimum absolute atomic E-state index is 0.0202. The van der Waals surface area contributed by atoms with Crippen LogP contribution in [0.3, 0.4) is 0 Å². The summed E-state index contributed by atoms with van der Waals surface area (Å²) in [5.74, 6) is 0.615. The third-order valence-electron chi connectivity index (χ3n) is 3.16. The second kappa shape index (κ2) is 7.23. The monoisotopic (exact) mass is 305 g/mol. The molecule has 5 nitrogen and oxygen atoms in total. The molecule has 0 aliphatic carbocycles. The maximum Gasteiger partial charge on any atom is 0.130 e. The van der Waals surface area contributed by atoms with E-state index in [1.165, 1.54) is 0 Å². The van der Waals surface area contributed by atoms with Crippen LogP contribution in [0.2, 0.25) is 5.02 Å². The van der Waals surface area contributed by atoms with Gasteiger partial charge in [-0.15, -0.1) is 0 Å². The van der Waals surface area contributed by atoms with Gasteiger partial charge in [-0.05, 0) is 30.7 Å². The molecule has 1 aromatic heterocycles. The molecule has 0 fully saturated rings. The Kier molecular flexibility index (Phi) is 5.34. The summed E-state index contributed by atoms with van der Waals surface area (Å²) in [7, 11) is 0. The highest BCUT2D eigenvalue weighted by Gasteiger charge is 2.12. The van der Waals surface area contributed by atoms with Crippen LogP contribution in [-0.2, 0) is 0 Å². The van der Waals surface area contributed by atoms with Gasteiger partial charge in [0.15, 0.2) is 0 Å². The van der Waals surface area contributed by atoms with Gasteiger partial charge in [-0.2, -0.15) is 5.26 Å². The van der Waals surface area contributed by atoms with Crippen LogP contribution < -0.4 is 4.90 Å². The largest absolute Gasteiger partial charge is 0.396 e. The number of anilines is 1. The molecule has 0 aliphatic heterocycles. The topological polar surface area (TPSA) is 80.4 Å². The number of aliphatic hydroxyl groups excluding tert-OH is 2. The number of hydrogen-bond acceptors (Lipinski definition) is 5. The summed E-state index contributed by atoms with van der Waals surface area (Å²) in [5.41, 5.74) is 1.17. The summed E-state index contributed by atoms with van der Waals surface area (Å²) in [6.07, 6.45) is 0.572. The molecule has 2 aromatic rings. The fraction of sp³-hybridized carbons (Fsp3) is 0.333. The van der Waals surface area contributed by atoms with Gasteiger partial charge in [0.2, 0.25) is 0 Å². The second-order valence-corrected chi connectivity index (χ2v) is 5.03. The Morgan fingerprint density at radius 1 is 1.19 bits per heavy atom. The van der Waals surface area contributed by atoms with Crippen LogP contribution in [0.25, 0.3) is 10.9 Å². The lowest BCUT2D eigenvalue weighted by atomic mass is 10.1. The lowest BCUT2D eigenvalue weighted by Crippen LogP contribution is -2.29. The molecule has 1 aromatic carbocycles. The summed E-state index contributed by atoms with van der Waals surface area (Å²) in [6, 6.07) is 9.06. The van der Waals surface area contributed by atoms with Crippen molar-refractivity contribution in [3.8, 4) is 6.07 Å². The highest BCUT2D eigenvalue weighted by molar-refractivity contribution is 6.31. The first-order chi connectivity index (χ1) is 10.2. The van der Waals surface area contributed by atoms with Crippen LogP contribution in [0.15, 0.2) is 24.3 Å². The average Bonchev–Trinajstić information content (AvgIpc) is 2.50. The molecule has 0 saturated heterocycles. The molecule has 0 amide bonds. The van der Waals surface area contributed by atoms with Crippen LogP contribution in [0.5, 0.6) is 0 Å². The summed E-state index contributed by atoms with van der Waals surface area (Å²) < 4.78 is 0. The minimum atomic E-state index is -0.0202. The van der Waals surface area contributed by atoms with Crippen LogP contribution in [0.1, 0.15) is 12.0 Å². The fourth-order valence-electron chi connectivity index (χ4n) is 2.16. The number of aromatic nitrogens is 1. The fourth-order valence-corrected chi connectivity index (χ4v) is 2.33. The van der Waals surface area contributed by atoms with Crippen molar-refractivity contribution in [3.63, 3.8) is 0 Å². The molecule has 0 spiro atoms. The van der Waals surface area contributed by atoms with Gasteiger partial charge in [0.25, 0.3) is 0 Å². The van der Waals surface area contributed by atoms with Gasteiger partial charge in [-0.1, -0.05) is 11.6 Å². The minimum Gasteiger partial charge on any atom is -0.396 e. The molecule has 0 atom stereocenters. The van der Waals surface area contributed by atoms with E-state index in [9.17, 15) is 5.26 Å². The quantitative estimate of drug-likeness (QED) is 0.852. The number of rotatable bonds is 6. The zero-order chi connectivity index (χ0) is 15.2. The molecule has 2 rings (SSSR count). The predicted octanol–water partition coefficient (Wildman–Crippen LogP) is 1.94. The molecule has 1 heterocycles. The number of nitriles is 1. The van der Waals surface area contributed by atoms with Crippen molar-refractivity contribution in [3.05, 3.63) is 34.9 Å². The van der Waals surface area contributed by atoms with Crippen LogP contribution in [0, 0.1) is 11.3 Å². The molecule has 0 aliphatic rings. The van der Waals surface area contributed by atoms with Crippen molar-refractivity contribution < 1.29 is 10.2 Å². The van der Waals surface area contributed by atoms with Crippen molar-refractivity contribution in [2.75, 3.05) is 31.2 Å². The zero-order valence-corrected chi connectivity index (χ0v) is 12.2. The number of benzene rings is 1. The van der Waals surface area contributed by atoms with Crippen molar-refractivity contribution >= 4 is 28.3 Å². The van der Waals surface area contributed by atoms with Gasteiger partial charge in [0, 0.05) is 30.1 Å². The van der Waals surface area contributed by atoms with Crippen molar-refractivity contribution in [1.29, 1.82) is 5.26 Å². The first-order valence-corrected chi connectivity index (χ1v) is 7.04. The van der Waals surface area contributed by atoms with E-state index in [2.05, 4.69) is 11.1 Å². The summed E-state index contributed by atoms with van der Waals surface area (Å²) in [6.45, 7) is 1.01. The molecule has 110 valence electrons. The Morgan fingerprint density at radius 3 is 2.67 bits per heavy atom. The van der Waals surface area contributed by atoms with E-state index in [4.69, 9.17) is 21.8 Å². The van der Waals surface area contributed by atoms with Gasteiger partial charge < -0.3 is 15.1 Å². The van der Waals surface area contributed by atoms with Gasteiger partial charge >= 0.3 is 0 Å². The normalized spacial score (nSPS) is 10.6. The smallest absolute Gasteiger partial charge is 0.130 e. The van der Waals surface area contributed by atoms with Crippen molar-refractivity contribution in [1.82, 2.24) is 4.98 Å². The lowest BCUT2D eigenvalue weighted by molar-refractivity contribution is 0.281. The van der Waals surface area contributed by atoms with E-state index in [0.717, 1.165) is 0 Å². The van der Waals surface area contributed by atoms with Crippen LogP contribution in [0.4, 0.5) is 5.82 Å². The Bertz CT molecular complexity index is 670. The highest BCUT2D eigenvalue weighted by Crippen LogP contribution is 2.25. The molecule has 0 unspecified atom stereocenters. The number of fused-ring (bicyclic) bond motifs is 1. The van der Waals surface area contributed by atoms with Gasteiger partial charge in [-0.25, -0.2) is 4.98 Å². The zero-order valence-electron chi connectivity index (χ0n) is 11.5. The molecule has 2 N–H and O–H groups in total. The van der Waals surface area contributed by atoms with Crippen molar-refractivity contribution in [2.24, 2.45) is 0 Å². The lowest BCUT2D eigenvalue weighted by Gasteiger charge is -2.23. The maximum absolute atomic E-state index is 9.31. The van der Waals surface area contributed by atoms with Gasteiger partial charge in [-0.3, -0.25) is 0 Å². The molecule has 6 heteroatoms. The average molecular weight is 306 g/mol. The second-order valence-electron chi connectivity index (χ2n) is 4.59. The molecular weight excluding hydrogens is 290 g/mol. The van der Waals surface area contributed by atoms with E-state index in [1.54, 1.807) is 24.3 Å². The molecule has 0 saturated carbocycles. The standard InChI is InChI=1S/C15H16ClN3O2/c16-12-2-3-14-13(9-12)11(10-17)8-15(18-14)19(5-7-21)4-1-6-20/h2-3,8-9,20-21H,1,4-7H2. The first kappa shape index (κ1) is 15.5. The molecule has 0 radical (unpaired) electrons. The predicted molar refractivity (Wildman–Crippen MR) is 82.5 cm³/mol. The Hall–Kier alpha value is -1.87. The Morgan fingerprint density at radius 2 is 2.00 bits per heavy atom. The third-order valence-corrected chi connectivity index (χ3v) is 3.39. The SMILES string of the molecule is N#Cc1cc(N(CCO)CCCO)nc2ccc(Cl)cc12. The number of nitrogens with zero attached hydrogens (tertiary/aromatic N) is 3. The van der Waals surface area contributed by atoms with E-state index in [-0.39, 0.29) is 13.2 Å². The molecule has 0 bridgehead atoms.